The Balaban J connectivity index is 1.66. The van der Waals surface area contributed by atoms with E-state index in [2.05, 4.69) is 30.6 Å². The lowest BCUT2D eigenvalue weighted by molar-refractivity contribution is 0.0526. The number of hydrogen-bond acceptors (Lipinski definition) is 8. The van der Waals surface area contributed by atoms with Gasteiger partial charge in [0.25, 0.3) is 0 Å². The highest BCUT2D eigenvalue weighted by Gasteiger charge is 2.17. The highest BCUT2D eigenvalue weighted by molar-refractivity contribution is 6.30. The highest BCUT2D eigenvalue weighted by atomic mass is 35.5. The second kappa shape index (κ2) is 10.3. The first kappa shape index (κ1) is 23.1. The molecule has 0 spiro atoms. The molecule has 0 bridgehead atoms. The van der Waals surface area contributed by atoms with E-state index < -0.39 is 5.97 Å². The molecule has 4 rings (SSSR count). The summed E-state index contributed by atoms with van der Waals surface area (Å²) in [6.07, 6.45) is 1.46. The summed E-state index contributed by atoms with van der Waals surface area (Å²) in [5.41, 5.74) is 4.24. The van der Waals surface area contributed by atoms with E-state index in [9.17, 15) is 4.79 Å². The number of aryl methyl sites for hydroxylation is 2. The maximum Gasteiger partial charge on any atom is 0.343 e. The average Bonchev–Trinajstić information content (AvgIpc) is 2.79. The van der Waals surface area contributed by atoms with Crippen LogP contribution in [0.25, 0.3) is 11.4 Å². The third-order valence-corrected chi connectivity index (χ3v) is 5.00. The molecule has 2 heterocycles. The lowest BCUT2D eigenvalue weighted by Gasteiger charge is -2.13. The molecule has 0 aliphatic carbocycles. The van der Waals surface area contributed by atoms with Crippen molar-refractivity contribution >= 4 is 40.7 Å². The number of aromatic nitrogens is 4. The number of nitrogens with one attached hydrogen (secondary N) is 2. The highest BCUT2D eigenvalue weighted by Crippen LogP contribution is 2.26. The first-order chi connectivity index (χ1) is 16.4. The molecule has 0 unspecified atom stereocenters. The van der Waals surface area contributed by atoms with Crippen molar-refractivity contribution in [3.8, 4) is 11.4 Å². The molecule has 0 amide bonds. The van der Waals surface area contributed by atoms with Crippen LogP contribution in [0.2, 0.25) is 5.02 Å². The predicted molar refractivity (Wildman–Crippen MR) is 133 cm³/mol. The zero-order valence-corrected chi connectivity index (χ0v) is 19.7. The van der Waals surface area contributed by atoms with Gasteiger partial charge >= 0.3 is 5.97 Å². The van der Waals surface area contributed by atoms with Crippen LogP contribution >= 0.6 is 11.6 Å². The number of rotatable bonds is 7. The molecular formula is C25H23ClN6O2. The van der Waals surface area contributed by atoms with Crippen LogP contribution in [0.4, 0.5) is 23.1 Å². The molecule has 9 heteroatoms. The first-order valence-electron chi connectivity index (χ1n) is 10.7. The van der Waals surface area contributed by atoms with Crippen LogP contribution in [0.5, 0.6) is 0 Å². The van der Waals surface area contributed by atoms with Crippen LogP contribution in [0, 0.1) is 13.8 Å². The number of esters is 1. The predicted octanol–water partition coefficient (Wildman–Crippen LogP) is 5.87. The topological polar surface area (TPSA) is 102 Å². The van der Waals surface area contributed by atoms with Gasteiger partial charge in [-0.1, -0.05) is 17.7 Å². The normalized spacial score (nSPS) is 10.6. The Labute approximate surface area is 202 Å². The molecule has 0 aliphatic heterocycles. The molecule has 34 heavy (non-hydrogen) atoms. The Hall–Kier alpha value is -4.04. The van der Waals surface area contributed by atoms with Gasteiger partial charge in [0.15, 0.2) is 5.82 Å². The number of halogens is 1. The van der Waals surface area contributed by atoms with Crippen LogP contribution in [-0.4, -0.2) is 32.5 Å². The Morgan fingerprint density at radius 3 is 2.29 bits per heavy atom. The minimum absolute atomic E-state index is 0.232. The lowest BCUT2D eigenvalue weighted by Crippen LogP contribution is -2.11. The average molecular weight is 475 g/mol. The third kappa shape index (κ3) is 5.65. The summed E-state index contributed by atoms with van der Waals surface area (Å²) in [6, 6.07) is 16.6. The van der Waals surface area contributed by atoms with Crippen molar-refractivity contribution in [2.75, 3.05) is 17.2 Å². The second-order valence-corrected chi connectivity index (χ2v) is 7.92. The molecular weight excluding hydrogens is 452 g/mol. The van der Waals surface area contributed by atoms with Gasteiger partial charge in [0.1, 0.15) is 11.4 Å². The Morgan fingerprint density at radius 1 is 0.941 bits per heavy atom. The summed E-state index contributed by atoms with van der Waals surface area (Å²) in [4.78, 5) is 30.3. The summed E-state index contributed by atoms with van der Waals surface area (Å²) in [6.45, 7) is 5.83. The fourth-order valence-corrected chi connectivity index (χ4v) is 3.42. The molecule has 0 atom stereocenters. The van der Waals surface area contributed by atoms with E-state index in [1.54, 1.807) is 19.1 Å². The van der Waals surface area contributed by atoms with E-state index in [-0.39, 0.29) is 12.2 Å². The van der Waals surface area contributed by atoms with Gasteiger partial charge in [-0.15, -0.1) is 0 Å². The molecule has 2 aromatic carbocycles. The second-order valence-electron chi connectivity index (χ2n) is 7.49. The Kier molecular flexibility index (Phi) is 6.98. The van der Waals surface area contributed by atoms with Crippen LogP contribution < -0.4 is 10.6 Å². The maximum absolute atomic E-state index is 12.5. The standard InChI is InChI=1S/C25H23ClN6O2/c1-4-34-24(33)21-14-27-22(17-8-10-18(26)11-9-17)32-23(21)30-19-6-5-7-20(13-19)31-25-28-15(2)12-16(3)29-25/h5-14H,4H2,1-3H3,(H,27,30,32)(H,28,29,31). The van der Waals surface area contributed by atoms with Gasteiger partial charge in [-0.3, -0.25) is 0 Å². The molecule has 0 saturated carbocycles. The fraction of sp³-hybridized carbons (Fsp3) is 0.160. The van der Waals surface area contributed by atoms with Crippen molar-refractivity contribution in [1.29, 1.82) is 0 Å². The molecule has 0 saturated heterocycles. The van der Waals surface area contributed by atoms with Crippen molar-refractivity contribution in [2.45, 2.75) is 20.8 Å². The minimum atomic E-state index is -0.509. The first-order valence-corrected chi connectivity index (χ1v) is 11.1. The van der Waals surface area contributed by atoms with Gasteiger partial charge in [0, 0.05) is 39.5 Å². The van der Waals surface area contributed by atoms with E-state index in [0.717, 1.165) is 22.6 Å². The van der Waals surface area contributed by atoms with Crippen molar-refractivity contribution < 1.29 is 9.53 Å². The SMILES string of the molecule is CCOC(=O)c1cnc(-c2ccc(Cl)cc2)nc1Nc1cccc(Nc2nc(C)cc(C)n2)c1. The molecule has 0 aliphatic rings. The number of carbonyl (C=O) groups is 1. The molecule has 2 N–H and O–H groups in total. The molecule has 172 valence electrons. The number of anilines is 4. The fourth-order valence-electron chi connectivity index (χ4n) is 3.30. The zero-order chi connectivity index (χ0) is 24.1. The summed E-state index contributed by atoms with van der Waals surface area (Å²) >= 11 is 6.00. The van der Waals surface area contributed by atoms with E-state index in [1.807, 2.05) is 56.3 Å². The van der Waals surface area contributed by atoms with Crippen LogP contribution in [0.15, 0.2) is 60.8 Å². The van der Waals surface area contributed by atoms with Crippen molar-refractivity contribution in [1.82, 2.24) is 19.9 Å². The van der Waals surface area contributed by atoms with Gasteiger partial charge in [0.2, 0.25) is 5.95 Å². The number of hydrogen-bond donors (Lipinski definition) is 2. The number of nitrogens with zero attached hydrogens (tertiary/aromatic N) is 4. The van der Waals surface area contributed by atoms with Crippen LogP contribution in [0.3, 0.4) is 0 Å². The van der Waals surface area contributed by atoms with Gasteiger partial charge in [-0.25, -0.2) is 24.7 Å². The number of ether oxygens (including phenoxy) is 1. The maximum atomic E-state index is 12.5. The molecule has 2 aromatic heterocycles. The minimum Gasteiger partial charge on any atom is -0.462 e. The van der Waals surface area contributed by atoms with Gasteiger partial charge in [0.05, 0.1) is 6.61 Å². The number of benzene rings is 2. The smallest absolute Gasteiger partial charge is 0.343 e. The van der Waals surface area contributed by atoms with Gasteiger partial charge in [-0.2, -0.15) is 0 Å². The van der Waals surface area contributed by atoms with Crippen LogP contribution in [-0.2, 0) is 4.74 Å². The Bertz CT molecular complexity index is 1310. The Morgan fingerprint density at radius 2 is 1.62 bits per heavy atom. The molecule has 0 fully saturated rings. The van der Waals surface area contributed by atoms with Gasteiger partial charge < -0.3 is 15.4 Å². The summed E-state index contributed by atoms with van der Waals surface area (Å²) in [5.74, 6) is 0.780. The van der Waals surface area contributed by atoms with Crippen molar-refractivity contribution in [3.63, 3.8) is 0 Å². The van der Waals surface area contributed by atoms with Gasteiger partial charge in [-0.05, 0) is 69.3 Å². The van der Waals surface area contributed by atoms with E-state index in [1.165, 1.54) is 6.20 Å². The molecule has 0 radical (unpaired) electrons. The van der Waals surface area contributed by atoms with Crippen LogP contribution in [0.1, 0.15) is 28.7 Å². The summed E-state index contributed by atoms with van der Waals surface area (Å²) in [5, 5.41) is 7.05. The lowest BCUT2D eigenvalue weighted by atomic mass is 10.2. The summed E-state index contributed by atoms with van der Waals surface area (Å²) < 4.78 is 5.19. The molecule has 4 aromatic rings. The summed E-state index contributed by atoms with van der Waals surface area (Å²) in [7, 11) is 0. The quantitative estimate of drug-likeness (QED) is 0.321. The van der Waals surface area contributed by atoms with E-state index in [4.69, 9.17) is 16.3 Å². The van der Waals surface area contributed by atoms with Crippen molar-refractivity contribution in [3.05, 3.63) is 82.8 Å². The van der Waals surface area contributed by atoms with Crippen molar-refractivity contribution in [2.24, 2.45) is 0 Å². The third-order valence-electron chi connectivity index (χ3n) is 4.75. The number of carbonyl (C=O) groups excluding carboxylic acids is 1. The van der Waals surface area contributed by atoms with E-state index >= 15 is 0 Å². The van der Waals surface area contributed by atoms with E-state index in [0.29, 0.717) is 28.3 Å². The monoisotopic (exact) mass is 474 g/mol. The molecule has 8 nitrogen and oxygen atoms in total. The zero-order valence-electron chi connectivity index (χ0n) is 19.0. The largest absolute Gasteiger partial charge is 0.462 e.